The molecule has 0 spiro atoms. The maximum Gasteiger partial charge on any atom is 0.239 e. The number of amides is 1. The van der Waals surface area contributed by atoms with E-state index in [1.165, 1.54) is 35.2 Å². The SMILES string of the molecule is C[C@@H](Sc1ccc(F)cc1)C(=O)Nc1nc(-c2ccccc2)cs1. The van der Waals surface area contributed by atoms with E-state index in [9.17, 15) is 9.18 Å². The van der Waals surface area contributed by atoms with Gasteiger partial charge in [0.05, 0.1) is 10.9 Å². The minimum Gasteiger partial charge on any atom is -0.301 e. The van der Waals surface area contributed by atoms with Crippen molar-refractivity contribution in [3.8, 4) is 11.3 Å². The third-order valence-corrected chi connectivity index (χ3v) is 5.17. The standard InChI is InChI=1S/C18H15FN2OS2/c1-12(24-15-9-7-14(19)8-10-15)17(22)21-18-20-16(11-23-18)13-5-3-2-4-6-13/h2-12H,1H3,(H,20,21,22)/t12-/m1/s1. The Kier molecular flexibility index (Phi) is 5.27. The first-order valence-electron chi connectivity index (χ1n) is 7.36. The molecule has 0 unspecified atom stereocenters. The number of nitrogens with zero attached hydrogens (tertiary/aromatic N) is 1. The molecule has 0 saturated heterocycles. The van der Waals surface area contributed by atoms with Crippen molar-refractivity contribution in [3.63, 3.8) is 0 Å². The lowest BCUT2D eigenvalue weighted by Gasteiger charge is -2.10. The molecule has 3 rings (SSSR count). The number of thiazole rings is 1. The van der Waals surface area contributed by atoms with Gasteiger partial charge in [-0.1, -0.05) is 30.3 Å². The average Bonchev–Trinajstić information content (AvgIpc) is 3.06. The molecule has 2 aromatic carbocycles. The van der Waals surface area contributed by atoms with E-state index in [4.69, 9.17) is 0 Å². The van der Waals surface area contributed by atoms with Crippen molar-refractivity contribution in [1.82, 2.24) is 4.98 Å². The first-order chi connectivity index (χ1) is 11.6. The number of aromatic nitrogens is 1. The summed E-state index contributed by atoms with van der Waals surface area (Å²) in [5.74, 6) is -0.411. The summed E-state index contributed by atoms with van der Waals surface area (Å²) in [5.41, 5.74) is 1.86. The summed E-state index contributed by atoms with van der Waals surface area (Å²) in [5, 5.41) is 5.02. The predicted molar refractivity (Wildman–Crippen MR) is 97.9 cm³/mol. The van der Waals surface area contributed by atoms with Crippen LogP contribution in [0.25, 0.3) is 11.3 Å². The normalized spacial score (nSPS) is 11.9. The second-order valence-electron chi connectivity index (χ2n) is 5.11. The maximum absolute atomic E-state index is 12.9. The topological polar surface area (TPSA) is 42.0 Å². The zero-order valence-corrected chi connectivity index (χ0v) is 14.5. The third kappa shape index (κ3) is 4.21. The quantitative estimate of drug-likeness (QED) is 0.648. The Hall–Kier alpha value is -2.18. The molecule has 0 fully saturated rings. The summed E-state index contributed by atoms with van der Waals surface area (Å²) >= 11 is 2.78. The van der Waals surface area contributed by atoms with Gasteiger partial charge in [-0.05, 0) is 31.2 Å². The number of carbonyl (C=O) groups excluding carboxylic acids is 1. The summed E-state index contributed by atoms with van der Waals surface area (Å²) in [7, 11) is 0. The molecule has 1 amide bonds. The van der Waals surface area contributed by atoms with Crippen LogP contribution in [0.3, 0.4) is 0 Å². The lowest BCUT2D eigenvalue weighted by molar-refractivity contribution is -0.115. The largest absolute Gasteiger partial charge is 0.301 e. The molecule has 3 aromatic rings. The van der Waals surface area contributed by atoms with Crippen LogP contribution in [0.1, 0.15) is 6.92 Å². The number of rotatable bonds is 5. The number of anilines is 1. The highest BCUT2D eigenvalue weighted by atomic mass is 32.2. The Labute approximate surface area is 148 Å². The molecule has 0 aliphatic heterocycles. The molecule has 3 nitrogen and oxygen atoms in total. The summed E-state index contributed by atoms with van der Waals surface area (Å²) in [6.45, 7) is 1.81. The van der Waals surface area contributed by atoms with Crippen molar-refractivity contribution >= 4 is 34.1 Å². The van der Waals surface area contributed by atoms with E-state index in [1.54, 1.807) is 12.1 Å². The van der Waals surface area contributed by atoms with Gasteiger partial charge < -0.3 is 5.32 Å². The predicted octanol–water partition coefficient (Wildman–Crippen LogP) is 5.07. The molecule has 122 valence electrons. The number of thioether (sulfide) groups is 1. The molecule has 6 heteroatoms. The highest BCUT2D eigenvalue weighted by molar-refractivity contribution is 8.00. The van der Waals surface area contributed by atoms with E-state index in [1.807, 2.05) is 42.6 Å². The summed E-state index contributed by atoms with van der Waals surface area (Å²) in [6.07, 6.45) is 0. The van der Waals surface area contributed by atoms with Crippen LogP contribution in [0.15, 0.2) is 64.9 Å². The zero-order chi connectivity index (χ0) is 16.9. The number of benzene rings is 2. The molecule has 1 aromatic heterocycles. The lowest BCUT2D eigenvalue weighted by atomic mass is 10.2. The van der Waals surface area contributed by atoms with Gasteiger partial charge in [0.2, 0.25) is 5.91 Å². The summed E-state index contributed by atoms with van der Waals surface area (Å²) in [6, 6.07) is 15.9. The van der Waals surface area contributed by atoms with E-state index in [2.05, 4.69) is 10.3 Å². The highest BCUT2D eigenvalue weighted by Crippen LogP contribution is 2.27. The Balaban J connectivity index is 1.62. The Morgan fingerprint density at radius 2 is 1.88 bits per heavy atom. The van der Waals surface area contributed by atoms with Crippen LogP contribution in [0.2, 0.25) is 0 Å². The van der Waals surface area contributed by atoms with Gasteiger partial charge in [0.25, 0.3) is 0 Å². The van der Waals surface area contributed by atoms with E-state index in [-0.39, 0.29) is 17.0 Å². The molecular formula is C18H15FN2OS2. The van der Waals surface area contributed by atoms with Gasteiger partial charge in [-0.3, -0.25) is 4.79 Å². The number of halogens is 1. The molecule has 0 radical (unpaired) electrons. The van der Waals surface area contributed by atoms with Gasteiger partial charge in [0.15, 0.2) is 5.13 Å². The van der Waals surface area contributed by atoms with Gasteiger partial charge >= 0.3 is 0 Å². The van der Waals surface area contributed by atoms with Gasteiger partial charge in [-0.15, -0.1) is 23.1 Å². The summed E-state index contributed by atoms with van der Waals surface area (Å²) in [4.78, 5) is 17.6. The van der Waals surface area contributed by atoms with E-state index < -0.39 is 0 Å². The van der Waals surface area contributed by atoms with Crippen LogP contribution < -0.4 is 5.32 Å². The van der Waals surface area contributed by atoms with Gasteiger partial charge in [-0.25, -0.2) is 9.37 Å². The number of carbonyl (C=O) groups is 1. The second kappa shape index (κ2) is 7.59. The van der Waals surface area contributed by atoms with Gasteiger partial charge in [0.1, 0.15) is 5.82 Å². The van der Waals surface area contributed by atoms with Gasteiger partial charge in [0, 0.05) is 15.8 Å². The summed E-state index contributed by atoms with van der Waals surface area (Å²) < 4.78 is 12.9. The molecule has 1 N–H and O–H groups in total. The van der Waals surface area contributed by atoms with Crippen molar-refractivity contribution < 1.29 is 9.18 Å². The fourth-order valence-corrected chi connectivity index (χ4v) is 3.64. The fraction of sp³-hybridized carbons (Fsp3) is 0.111. The van der Waals surface area contributed by atoms with Crippen LogP contribution in [-0.2, 0) is 4.79 Å². The second-order valence-corrected chi connectivity index (χ2v) is 7.38. The molecule has 0 saturated carbocycles. The number of nitrogens with one attached hydrogen (secondary N) is 1. The van der Waals surface area contributed by atoms with Crippen molar-refractivity contribution in [3.05, 3.63) is 65.8 Å². The molecule has 0 aliphatic carbocycles. The molecule has 1 heterocycles. The van der Waals surface area contributed by atoms with Crippen molar-refractivity contribution in [2.75, 3.05) is 5.32 Å². The minimum absolute atomic E-state index is 0.127. The maximum atomic E-state index is 12.9. The third-order valence-electron chi connectivity index (χ3n) is 3.30. The van der Waals surface area contributed by atoms with Crippen LogP contribution in [0, 0.1) is 5.82 Å². The Bertz CT molecular complexity index is 819. The zero-order valence-electron chi connectivity index (χ0n) is 12.9. The number of hydrogen-bond donors (Lipinski definition) is 1. The van der Waals surface area contributed by atoms with Crippen LogP contribution in [-0.4, -0.2) is 16.1 Å². The van der Waals surface area contributed by atoms with E-state index >= 15 is 0 Å². The van der Waals surface area contributed by atoms with Crippen LogP contribution >= 0.6 is 23.1 Å². The van der Waals surface area contributed by atoms with E-state index in [0.717, 1.165) is 16.2 Å². The fourth-order valence-electron chi connectivity index (χ4n) is 2.05. The highest BCUT2D eigenvalue weighted by Gasteiger charge is 2.16. The minimum atomic E-state index is -0.306. The molecule has 1 atom stereocenters. The average molecular weight is 358 g/mol. The van der Waals surface area contributed by atoms with Crippen molar-refractivity contribution in [2.45, 2.75) is 17.1 Å². The molecule has 24 heavy (non-hydrogen) atoms. The number of hydrogen-bond acceptors (Lipinski definition) is 4. The first kappa shape index (κ1) is 16.7. The molecule has 0 aliphatic rings. The van der Waals surface area contributed by atoms with Crippen LogP contribution in [0.5, 0.6) is 0 Å². The first-order valence-corrected chi connectivity index (χ1v) is 9.12. The Morgan fingerprint density at radius 3 is 2.58 bits per heavy atom. The van der Waals surface area contributed by atoms with Crippen molar-refractivity contribution in [1.29, 1.82) is 0 Å². The Morgan fingerprint density at radius 1 is 1.17 bits per heavy atom. The van der Waals surface area contributed by atoms with Gasteiger partial charge in [-0.2, -0.15) is 0 Å². The lowest BCUT2D eigenvalue weighted by Crippen LogP contribution is -2.22. The molecular weight excluding hydrogens is 343 g/mol. The smallest absolute Gasteiger partial charge is 0.239 e. The molecule has 0 bridgehead atoms. The van der Waals surface area contributed by atoms with E-state index in [0.29, 0.717) is 5.13 Å². The van der Waals surface area contributed by atoms with Crippen molar-refractivity contribution in [2.24, 2.45) is 0 Å². The monoisotopic (exact) mass is 358 g/mol. The van der Waals surface area contributed by atoms with Crippen LogP contribution in [0.4, 0.5) is 9.52 Å².